The van der Waals surface area contributed by atoms with E-state index in [-0.39, 0.29) is 6.03 Å². The minimum Gasteiger partial charge on any atom is -0.478 e. The molecule has 0 bridgehead atoms. The topological polar surface area (TPSA) is 44.8 Å². The van der Waals surface area contributed by atoms with Crippen molar-refractivity contribution in [2.24, 2.45) is 0 Å². The van der Waals surface area contributed by atoms with Gasteiger partial charge in [-0.05, 0) is 59.9 Å². The van der Waals surface area contributed by atoms with Crippen LogP contribution in [0.15, 0.2) is 18.0 Å². The first kappa shape index (κ1) is 14.2. The Morgan fingerprint density at radius 3 is 3.08 bits per heavy atom. The van der Waals surface area contributed by atoms with Crippen LogP contribution in [0.5, 0.6) is 0 Å². The number of rotatable bonds is 1. The molecule has 2 aliphatic heterocycles. The highest BCUT2D eigenvalue weighted by molar-refractivity contribution is 5.92. The molecule has 1 fully saturated rings. The standard InChI is InChI=1S/C19H23N3O2/c1-12-10-14-11-13-4-2-5-15(13)18(17(12)14)20-19(23)22-8-6-16-21(22)7-3-9-24-16/h6,11-12H,2-5,7-10H2,1H3,(H,20,23)/t12-/m1/s1. The van der Waals surface area contributed by atoms with Gasteiger partial charge in [0.1, 0.15) is 0 Å². The average Bonchev–Trinajstić information content (AvgIpc) is 3.20. The number of nitrogens with zero attached hydrogens (tertiary/aromatic N) is 2. The Labute approximate surface area is 142 Å². The summed E-state index contributed by atoms with van der Waals surface area (Å²) in [4.78, 5) is 12.9. The van der Waals surface area contributed by atoms with E-state index < -0.39 is 0 Å². The number of hydrogen-bond acceptors (Lipinski definition) is 3. The van der Waals surface area contributed by atoms with E-state index >= 15 is 0 Å². The number of aryl methyl sites for hydroxylation is 1. The van der Waals surface area contributed by atoms with Gasteiger partial charge in [-0.25, -0.2) is 9.80 Å². The van der Waals surface area contributed by atoms with Gasteiger partial charge in [0.15, 0.2) is 0 Å². The van der Waals surface area contributed by atoms with Crippen molar-refractivity contribution in [2.75, 3.05) is 25.0 Å². The summed E-state index contributed by atoms with van der Waals surface area (Å²) in [6.45, 7) is 4.44. The maximum absolute atomic E-state index is 12.9. The fourth-order valence-electron chi connectivity index (χ4n) is 4.61. The van der Waals surface area contributed by atoms with Crippen LogP contribution in [0.2, 0.25) is 0 Å². The SMILES string of the molecule is C[C@@H]1Cc2cc3c(c(NC(=O)N4CC=C5OCCCN54)c21)CCC3. The summed E-state index contributed by atoms with van der Waals surface area (Å²) in [6, 6.07) is 2.34. The van der Waals surface area contributed by atoms with Crippen molar-refractivity contribution in [1.82, 2.24) is 10.0 Å². The van der Waals surface area contributed by atoms with Crippen LogP contribution < -0.4 is 5.32 Å². The molecular formula is C19H23N3O2. The second-order valence-corrected chi connectivity index (χ2v) is 7.30. The maximum atomic E-state index is 12.9. The molecule has 0 radical (unpaired) electrons. The lowest BCUT2D eigenvalue weighted by molar-refractivity contribution is -0.0221. The van der Waals surface area contributed by atoms with Gasteiger partial charge < -0.3 is 10.1 Å². The zero-order valence-electron chi connectivity index (χ0n) is 14.1. The summed E-state index contributed by atoms with van der Waals surface area (Å²) in [7, 11) is 0. The molecule has 1 saturated heterocycles. The third-order valence-electron chi connectivity index (χ3n) is 5.76. The van der Waals surface area contributed by atoms with Crippen LogP contribution >= 0.6 is 0 Å². The first-order valence-corrected chi connectivity index (χ1v) is 9.09. The van der Waals surface area contributed by atoms with Crippen LogP contribution in [-0.4, -0.2) is 35.7 Å². The van der Waals surface area contributed by atoms with Crippen molar-refractivity contribution in [3.05, 3.63) is 40.3 Å². The van der Waals surface area contributed by atoms with Crippen LogP contribution in [0.25, 0.3) is 0 Å². The Hall–Kier alpha value is -2.17. The highest BCUT2D eigenvalue weighted by Gasteiger charge is 2.35. The Morgan fingerprint density at radius 2 is 2.21 bits per heavy atom. The van der Waals surface area contributed by atoms with E-state index in [0.29, 0.717) is 12.5 Å². The molecule has 126 valence electrons. The third kappa shape index (κ3) is 1.96. The van der Waals surface area contributed by atoms with Gasteiger partial charge in [0.05, 0.1) is 13.2 Å². The number of urea groups is 1. The molecule has 5 heteroatoms. The van der Waals surface area contributed by atoms with Gasteiger partial charge in [0, 0.05) is 18.7 Å². The second kappa shape index (κ2) is 5.16. The van der Waals surface area contributed by atoms with Gasteiger partial charge in [0.25, 0.3) is 0 Å². The van der Waals surface area contributed by atoms with Crippen molar-refractivity contribution < 1.29 is 9.53 Å². The molecule has 2 heterocycles. The van der Waals surface area contributed by atoms with E-state index in [4.69, 9.17) is 4.74 Å². The molecule has 2 aliphatic carbocycles. The number of fused-ring (bicyclic) bond motifs is 3. The largest absolute Gasteiger partial charge is 0.478 e. The normalized spacial score (nSPS) is 23.7. The number of hydrazine groups is 1. The molecular weight excluding hydrogens is 302 g/mol. The predicted molar refractivity (Wildman–Crippen MR) is 91.7 cm³/mol. The summed E-state index contributed by atoms with van der Waals surface area (Å²) in [5.41, 5.74) is 6.72. The highest BCUT2D eigenvalue weighted by atomic mass is 16.5. The van der Waals surface area contributed by atoms with Crippen molar-refractivity contribution in [3.63, 3.8) is 0 Å². The summed E-state index contributed by atoms with van der Waals surface area (Å²) >= 11 is 0. The lowest BCUT2D eigenvalue weighted by atomic mass is 9.75. The molecule has 1 atom stereocenters. The van der Waals surface area contributed by atoms with Crippen LogP contribution in [0.4, 0.5) is 10.5 Å². The van der Waals surface area contributed by atoms with Crippen molar-refractivity contribution in [1.29, 1.82) is 0 Å². The van der Waals surface area contributed by atoms with E-state index in [0.717, 1.165) is 50.4 Å². The Bertz CT molecular complexity index is 752. The average molecular weight is 325 g/mol. The molecule has 0 unspecified atom stereocenters. The fraction of sp³-hybridized carbons (Fsp3) is 0.526. The van der Waals surface area contributed by atoms with E-state index in [1.54, 1.807) is 5.01 Å². The number of carbonyl (C=O) groups is 1. The van der Waals surface area contributed by atoms with Gasteiger partial charge in [0.2, 0.25) is 5.88 Å². The van der Waals surface area contributed by atoms with Crippen molar-refractivity contribution in [2.45, 2.75) is 44.9 Å². The lowest BCUT2D eigenvalue weighted by Crippen LogP contribution is -2.47. The first-order valence-electron chi connectivity index (χ1n) is 9.09. The number of benzene rings is 1. The number of anilines is 1. The van der Waals surface area contributed by atoms with E-state index in [2.05, 4.69) is 18.3 Å². The van der Waals surface area contributed by atoms with Crippen LogP contribution in [0.3, 0.4) is 0 Å². The minimum atomic E-state index is -0.0339. The van der Waals surface area contributed by atoms with Gasteiger partial charge in [-0.3, -0.25) is 5.01 Å². The molecule has 4 aliphatic rings. The van der Waals surface area contributed by atoms with Gasteiger partial charge in [-0.15, -0.1) is 0 Å². The van der Waals surface area contributed by atoms with E-state index in [1.807, 2.05) is 11.1 Å². The molecule has 24 heavy (non-hydrogen) atoms. The van der Waals surface area contributed by atoms with Crippen LogP contribution in [-0.2, 0) is 24.0 Å². The molecule has 0 saturated carbocycles. The minimum absolute atomic E-state index is 0.0339. The predicted octanol–water partition coefficient (Wildman–Crippen LogP) is 3.16. The Morgan fingerprint density at radius 1 is 1.29 bits per heavy atom. The van der Waals surface area contributed by atoms with Crippen LogP contribution in [0, 0.1) is 0 Å². The Kier molecular flexibility index (Phi) is 3.05. The Balaban J connectivity index is 1.44. The van der Waals surface area contributed by atoms with Gasteiger partial charge >= 0.3 is 6.03 Å². The summed E-state index contributed by atoms with van der Waals surface area (Å²) in [6.07, 6.45) is 7.52. The number of ether oxygens (including phenoxy) is 1. The molecule has 1 N–H and O–H groups in total. The summed E-state index contributed by atoms with van der Waals surface area (Å²) in [5.74, 6) is 1.38. The zero-order valence-corrected chi connectivity index (χ0v) is 14.1. The lowest BCUT2D eigenvalue weighted by Gasteiger charge is -2.36. The second-order valence-electron chi connectivity index (χ2n) is 7.30. The zero-order chi connectivity index (χ0) is 16.3. The molecule has 1 aromatic rings. The molecule has 0 aromatic heterocycles. The van der Waals surface area contributed by atoms with Crippen LogP contribution in [0.1, 0.15) is 47.9 Å². The summed E-state index contributed by atoms with van der Waals surface area (Å²) < 4.78 is 5.64. The first-order chi connectivity index (χ1) is 11.7. The smallest absolute Gasteiger partial charge is 0.341 e. The monoisotopic (exact) mass is 325 g/mol. The van der Waals surface area contributed by atoms with E-state index in [1.165, 1.54) is 28.7 Å². The third-order valence-corrected chi connectivity index (χ3v) is 5.76. The molecule has 2 amide bonds. The molecule has 0 spiro atoms. The van der Waals surface area contributed by atoms with Gasteiger partial charge in [-0.1, -0.05) is 13.0 Å². The summed E-state index contributed by atoms with van der Waals surface area (Å²) in [5, 5.41) is 7.01. The fourth-order valence-corrected chi connectivity index (χ4v) is 4.61. The van der Waals surface area contributed by atoms with E-state index in [9.17, 15) is 4.79 Å². The number of nitrogens with one attached hydrogen (secondary N) is 1. The molecule has 5 nitrogen and oxygen atoms in total. The maximum Gasteiger partial charge on any atom is 0.341 e. The highest BCUT2D eigenvalue weighted by Crippen LogP contribution is 2.45. The van der Waals surface area contributed by atoms with Crippen molar-refractivity contribution >= 4 is 11.7 Å². The molecule has 5 rings (SSSR count). The number of carbonyl (C=O) groups excluding carboxylic acids is 1. The quantitative estimate of drug-likeness (QED) is 0.862. The molecule has 1 aromatic carbocycles. The van der Waals surface area contributed by atoms with Gasteiger partial charge in [-0.2, -0.15) is 0 Å². The number of amides is 2. The number of hydrogen-bond donors (Lipinski definition) is 1. The van der Waals surface area contributed by atoms with Crippen molar-refractivity contribution in [3.8, 4) is 0 Å².